The van der Waals surface area contributed by atoms with Crippen molar-refractivity contribution in [1.82, 2.24) is 0 Å². The molecule has 0 fully saturated rings. The fourth-order valence-electron chi connectivity index (χ4n) is 1.74. The minimum Gasteiger partial charge on any atom is -0.0767 e. The van der Waals surface area contributed by atoms with Gasteiger partial charge in [0, 0.05) is 29.4 Å². The SMILES string of the molecule is C=C(C)C1CCC(C)=CC1=O.[C-]#[O+].[C-]#[O+].[CH]1C=CC=C1.[Fe]. The molecule has 0 bridgehead atoms. The van der Waals surface area contributed by atoms with Crippen LogP contribution in [0.15, 0.2) is 48.1 Å². The molecule has 0 aromatic carbocycles. The van der Waals surface area contributed by atoms with Crippen LogP contribution < -0.4 is 0 Å². The Morgan fingerprint density at radius 3 is 1.95 bits per heavy atom. The maximum atomic E-state index is 11.3. The van der Waals surface area contributed by atoms with E-state index in [-0.39, 0.29) is 28.8 Å². The summed E-state index contributed by atoms with van der Waals surface area (Å²) in [5.74, 6) is 0.333. The van der Waals surface area contributed by atoms with Crippen molar-refractivity contribution in [3.8, 4) is 0 Å². The zero-order valence-electron chi connectivity index (χ0n) is 12.2. The quantitative estimate of drug-likeness (QED) is 0.313. The molecule has 0 aromatic rings. The summed E-state index contributed by atoms with van der Waals surface area (Å²) in [4.78, 5) is 11.3. The Balaban J connectivity index is -0.000000273. The molecule has 1 radical (unpaired) electrons. The van der Waals surface area contributed by atoms with E-state index in [4.69, 9.17) is 9.30 Å². The molecule has 0 saturated heterocycles. The summed E-state index contributed by atoms with van der Waals surface area (Å²) in [6.07, 6.45) is 13.8. The van der Waals surface area contributed by atoms with E-state index in [9.17, 15) is 4.79 Å². The topological polar surface area (TPSA) is 56.9 Å². The van der Waals surface area contributed by atoms with Crippen LogP contribution in [0.25, 0.3) is 0 Å². The fourth-order valence-corrected chi connectivity index (χ4v) is 1.74. The van der Waals surface area contributed by atoms with Crippen molar-refractivity contribution in [3.05, 3.63) is 67.8 Å². The second kappa shape index (κ2) is 16.7. The van der Waals surface area contributed by atoms with Gasteiger partial charge >= 0.3 is 22.6 Å². The molecule has 4 heteroatoms. The number of hydrogen-bond donors (Lipinski definition) is 0. The summed E-state index contributed by atoms with van der Waals surface area (Å²) in [6.45, 7) is 16.7. The van der Waals surface area contributed by atoms with Gasteiger partial charge in [-0.25, -0.2) is 0 Å². The largest absolute Gasteiger partial charge is 0.0767 e. The van der Waals surface area contributed by atoms with Crippen LogP contribution in [-0.2, 0) is 31.2 Å². The molecule has 21 heavy (non-hydrogen) atoms. The number of ketones is 1. The average molecular weight is 327 g/mol. The van der Waals surface area contributed by atoms with Crippen molar-refractivity contribution >= 4 is 5.78 Å². The van der Waals surface area contributed by atoms with Crippen molar-refractivity contribution in [3.63, 3.8) is 0 Å². The van der Waals surface area contributed by atoms with Gasteiger partial charge in [-0.1, -0.05) is 42.0 Å². The summed E-state index contributed by atoms with van der Waals surface area (Å²) >= 11 is 0. The van der Waals surface area contributed by atoms with Crippen LogP contribution >= 0.6 is 0 Å². The number of carbonyl (C=O) groups is 1. The summed E-state index contributed by atoms with van der Waals surface area (Å²) in [6, 6.07) is 0. The smallest absolute Gasteiger partial charge is 0.00506 e. The second-order valence-electron chi connectivity index (χ2n) is 4.29. The first-order valence-electron chi connectivity index (χ1n) is 6.05. The molecule has 0 aliphatic heterocycles. The molecule has 2 aliphatic carbocycles. The molecule has 0 N–H and O–H groups in total. The van der Waals surface area contributed by atoms with Gasteiger partial charge in [-0.3, -0.25) is 4.79 Å². The Kier molecular flexibility index (Phi) is 19.6. The number of carbonyl (C=O) groups excluding carboxylic acids is 1. The zero-order chi connectivity index (χ0) is 16.0. The summed E-state index contributed by atoms with van der Waals surface area (Å²) in [5, 5.41) is 0. The monoisotopic (exact) mass is 327 g/mol. The van der Waals surface area contributed by atoms with Crippen LogP contribution in [0.2, 0.25) is 0 Å². The van der Waals surface area contributed by atoms with Crippen LogP contribution in [0.4, 0.5) is 0 Å². The molecule has 0 amide bonds. The molecule has 0 aromatic heterocycles. The van der Waals surface area contributed by atoms with E-state index in [1.165, 1.54) is 5.57 Å². The molecule has 113 valence electrons. The fraction of sp³-hybridized carbons (Fsp3) is 0.294. The number of hydrogen-bond acceptors (Lipinski definition) is 1. The molecule has 1 atom stereocenters. The van der Waals surface area contributed by atoms with Gasteiger partial charge in [-0.2, -0.15) is 0 Å². The Bertz CT molecular complexity index is 423. The molecule has 2 rings (SSSR count). The molecule has 1 unspecified atom stereocenters. The number of rotatable bonds is 1. The molecular weight excluding hydrogens is 308 g/mol. The molecule has 3 nitrogen and oxygen atoms in total. The summed E-state index contributed by atoms with van der Waals surface area (Å²) < 4.78 is 15.0. The van der Waals surface area contributed by atoms with E-state index in [1.807, 2.05) is 44.6 Å². The number of allylic oxidation sites excluding steroid dienone is 7. The van der Waals surface area contributed by atoms with Crippen molar-refractivity contribution in [2.24, 2.45) is 5.92 Å². The van der Waals surface area contributed by atoms with E-state index in [0.717, 1.165) is 18.4 Å². The average Bonchev–Trinajstić information content (AvgIpc) is 3.02. The third-order valence-corrected chi connectivity index (χ3v) is 2.71. The van der Waals surface area contributed by atoms with Gasteiger partial charge in [0.1, 0.15) is 0 Å². The van der Waals surface area contributed by atoms with Crippen LogP contribution in [0.3, 0.4) is 0 Å². The van der Waals surface area contributed by atoms with E-state index in [2.05, 4.69) is 19.9 Å². The van der Waals surface area contributed by atoms with Crippen molar-refractivity contribution in [1.29, 1.82) is 0 Å². The zero-order valence-corrected chi connectivity index (χ0v) is 13.3. The Hall–Kier alpha value is -1.37. The normalized spacial score (nSPS) is 17.3. The Labute approximate surface area is 137 Å². The van der Waals surface area contributed by atoms with Gasteiger partial charge < -0.3 is 0 Å². The van der Waals surface area contributed by atoms with Crippen LogP contribution in [0, 0.1) is 25.6 Å². The molecule has 0 saturated carbocycles. The van der Waals surface area contributed by atoms with Crippen molar-refractivity contribution in [2.75, 3.05) is 0 Å². The first-order valence-corrected chi connectivity index (χ1v) is 6.05. The first-order chi connectivity index (χ1) is 9.61. The maximum Gasteiger partial charge on any atom is 0.00506 e. The standard InChI is InChI=1S/C10H14O.C5H5.2CO.Fe/c1-7(2)9-5-4-8(3)6-10(9)11;1-2-4-5-3-1;2*1-2;/h6,9H,1,4-5H2,2-3H3;1-5H;;;. The minimum absolute atomic E-state index is 0. The molecule has 0 heterocycles. The molecule has 2 aliphatic rings. The third kappa shape index (κ3) is 12.1. The van der Waals surface area contributed by atoms with Crippen molar-refractivity contribution < 1.29 is 31.2 Å². The second-order valence-corrected chi connectivity index (χ2v) is 4.29. The minimum atomic E-state index is 0. The predicted molar refractivity (Wildman–Crippen MR) is 76.7 cm³/mol. The summed E-state index contributed by atoms with van der Waals surface area (Å²) in [7, 11) is 0. The maximum absolute atomic E-state index is 11.3. The van der Waals surface area contributed by atoms with E-state index < -0.39 is 0 Å². The summed E-state index contributed by atoms with van der Waals surface area (Å²) in [5.41, 5.74) is 2.20. The Morgan fingerprint density at radius 1 is 1.19 bits per heavy atom. The molecule has 0 spiro atoms. The van der Waals surface area contributed by atoms with E-state index in [0.29, 0.717) is 0 Å². The van der Waals surface area contributed by atoms with E-state index >= 15 is 0 Å². The third-order valence-electron chi connectivity index (χ3n) is 2.71. The predicted octanol–water partition coefficient (Wildman–Crippen LogP) is 3.73. The van der Waals surface area contributed by atoms with Gasteiger partial charge in [-0.15, -0.1) is 0 Å². The Morgan fingerprint density at radius 2 is 1.67 bits per heavy atom. The van der Waals surface area contributed by atoms with Gasteiger partial charge in [0.25, 0.3) is 0 Å². The van der Waals surface area contributed by atoms with Crippen LogP contribution in [-0.4, -0.2) is 5.78 Å². The first kappa shape index (κ1) is 24.6. The van der Waals surface area contributed by atoms with Gasteiger partial charge in [0.2, 0.25) is 0 Å². The van der Waals surface area contributed by atoms with Gasteiger partial charge in [-0.05, 0) is 32.8 Å². The van der Waals surface area contributed by atoms with Crippen LogP contribution in [0.1, 0.15) is 26.7 Å². The van der Waals surface area contributed by atoms with Gasteiger partial charge in [0.15, 0.2) is 5.78 Å². The van der Waals surface area contributed by atoms with Gasteiger partial charge in [0.05, 0.1) is 0 Å². The van der Waals surface area contributed by atoms with Crippen LogP contribution in [0.5, 0.6) is 0 Å². The van der Waals surface area contributed by atoms with Crippen molar-refractivity contribution in [2.45, 2.75) is 26.7 Å². The van der Waals surface area contributed by atoms with E-state index in [1.54, 1.807) is 6.08 Å². The molecular formula is C17H19FeO3.